The molecule has 5 rings (SSSR count). The molecule has 12 heteroatoms. The third-order valence-electron chi connectivity index (χ3n) is 6.90. The van der Waals surface area contributed by atoms with E-state index in [-0.39, 0.29) is 56.7 Å². The molecule has 2 aliphatic heterocycles. The van der Waals surface area contributed by atoms with Crippen molar-refractivity contribution in [1.29, 1.82) is 0 Å². The van der Waals surface area contributed by atoms with E-state index in [1.54, 1.807) is 34.1 Å². The number of benzene rings is 1. The van der Waals surface area contributed by atoms with E-state index in [1.807, 2.05) is 30.3 Å². The zero-order chi connectivity index (χ0) is 27.2. The number of carbonyl (C=O) groups is 4. The molecular formula is C27H30N8O4. The summed E-state index contributed by atoms with van der Waals surface area (Å²) < 4.78 is 1.63. The summed E-state index contributed by atoms with van der Waals surface area (Å²) in [5, 5.41) is 13.9. The molecule has 2 N–H and O–H groups in total. The number of pyridine rings is 1. The maximum atomic E-state index is 14.0. The van der Waals surface area contributed by atoms with Crippen molar-refractivity contribution in [3.8, 4) is 0 Å². The zero-order valence-corrected chi connectivity index (χ0v) is 21.4. The molecule has 1 aromatic carbocycles. The number of nitrogens with zero attached hydrogens (tertiary/aromatic N) is 6. The first kappa shape index (κ1) is 26.0. The van der Waals surface area contributed by atoms with Gasteiger partial charge in [0.05, 0.1) is 24.8 Å². The van der Waals surface area contributed by atoms with Crippen molar-refractivity contribution >= 4 is 23.6 Å². The van der Waals surface area contributed by atoms with Crippen LogP contribution in [0.1, 0.15) is 34.5 Å². The predicted molar refractivity (Wildman–Crippen MR) is 139 cm³/mol. The molecule has 202 valence electrons. The van der Waals surface area contributed by atoms with Crippen LogP contribution >= 0.6 is 0 Å². The fraction of sp³-hybridized carbons (Fsp3) is 0.370. The van der Waals surface area contributed by atoms with Gasteiger partial charge >= 0.3 is 0 Å². The standard InChI is InChI=1S/C27H30N8O4/c36-24-9-5-11-34-17-21(31-32-34)16-29-25(37)23-18-33(26(38)20-8-4-10-28-15-20)12-13-35(23)27(39)22(30-24)14-19-6-2-1-3-7-19/h1-4,6-8,10,15,17,22-23H,5,9,11-14,16,18H2,(H,29,37)(H,30,36)/t22-,23+/m0/s1. The summed E-state index contributed by atoms with van der Waals surface area (Å²) in [7, 11) is 0. The van der Waals surface area contributed by atoms with E-state index < -0.39 is 18.0 Å². The average Bonchev–Trinajstić information content (AvgIpc) is 3.42. The number of aryl methyl sites for hydroxylation is 1. The summed E-state index contributed by atoms with van der Waals surface area (Å²) in [6.07, 6.45) is 5.79. The van der Waals surface area contributed by atoms with Crippen LogP contribution in [0.3, 0.4) is 0 Å². The fourth-order valence-corrected chi connectivity index (χ4v) is 4.87. The number of carbonyl (C=O) groups excluding carboxylic acids is 4. The number of hydrogen-bond acceptors (Lipinski definition) is 7. The molecule has 0 saturated carbocycles. The normalized spacial score (nSPS) is 20.8. The molecular weight excluding hydrogens is 500 g/mol. The summed E-state index contributed by atoms with van der Waals surface area (Å²) in [6.45, 7) is 0.984. The largest absolute Gasteiger partial charge is 0.348 e. The van der Waals surface area contributed by atoms with Crippen molar-refractivity contribution < 1.29 is 19.2 Å². The minimum absolute atomic E-state index is 0.00396. The Balaban J connectivity index is 1.43. The third-order valence-corrected chi connectivity index (χ3v) is 6.90. The minimum atomic E-state index is -0.956. The van der Waals surface area contributed by atoms with Gasteiger partial charge in [0.15, 0.2) is 0 Å². The van der Waals surface area contributed by atoms with Gasteiger partial charge in [-0.3, -0.25) is 28.8 Å². The van der Waals surface area contributed by atoms with Crippen LogP contribution in [0.15, 0.2) is 61.1 Å². The highest BCUT2D eigenvalue weighted by Gasteiger charge is 2.40. The van der Waals surface area contributed by atoms with Gasteiger partial charge in [0.1, 0.15) is 17.8 Å². The number of rotatable bonds is 3. The Morgan fingerprint density at radius 3 is 2.67 bits per heavy atom. The smallest absolute Gasteiger partial charge is 0.255 e. The van der Waals surface area contributed by atoms with Gasteiger partial charge in [0, 0.05) is 44.9 Å². The van der Waals surface area contributed by atoms with Crippen LogP contribution in [-0.2, 0) is 33.9 Å². The van der Waals surface area contributed by atoms with E-state index in [1.165, 1.54) is 11.1 Å². The lowest BCUT2D eigenvalue weighted by Gasteiger charge is -2.42. The molecule has 2 atom stereocenters. The summed E-state index contributed by atoms with van der Waals surface area (Å²) in [5.74, 6) is -1.30. The van der Waals surface area contributed by atoms with Gasteiger partial charge in [-0.2, -0.15) is 0 Å². The first-order valence-electron chi connectivity index (χ1n) is 13.0. The van der Waals surface area contributed by atoms with E-state index in [4.69, 9.17) is 0 Å². The topological polar surface area (TPSA) is 142 Å². The maximum Gasteiger partial charge on any atom is 0.255 e. The highest BCUT2D eigenvalue weighted by atomic mass is 16.2. The number of fused-ring (bicyclic) bond motifs is 3. The van der Waals surface area contributed by atoms with Crippen molar-refractivity contribution in [2.45, 2.75) is 44.4 Å². The molecule has 12 nitrogen and oxygen atoms in total. The van der Waals surface area contributed by atoms with Gasteiger partial charge in [-0.05, 0) is 24.1 Å². The molecule has 4 amide bonds. The molecule has 2 aromatic heterocycles. The Kier molecular flexibility index (Phi) is 7.90. The highest BCUT2D eigenvalue weighted by molar-refractivity contribution is 5.96. The second-order valence-electron chi connectivity index (χ2n) is 9.64. The Labute approximate surface area is 225 Å². The summed E-state index contributed by atoms with van der Waals surface area (Å²) >= 11 is 0. The molecule has 39 heavy (non-hydrogen) atoms. The van der Waals surface area contributed by atoms with Crippen LogP contribution in [0.5, 0.6) is 0 Å². The van der Waals surface area contributed by atoms with Gasteiger partial charge in [-0.1, -0.05) is 35.5 Å². The Bertz CT molecular complexity index is 1330. The molecule has 4 heterocycles. The van der Waals surface area contributed by atoms with E-state index in [0.29, 0.717) is 24.2 Å². The number of hydrogen-bond donors (Lipinski definition) is 2. The second-order valence-corrected chi connectivity index (χ2v) is 9.64. The predicted octanol–water partition coefficient (Wildman–Crippen LogP) is 0.164. The summed E-state index contributed by atoms with van der Waals surface area (Å²) in [4.78, 5) is 60.5. The fourth-order valence-electron chi connectivity index (χ4n) is 4.87. The third kappa shape index (κ3) is 6.28. The Hall–Kier alpha value is -4.61. The molecule has 2 bridgehead atoms. The molecule has 0 unspecified atom stereocenters. The van der Waals surface area contributed by atoms with Crippen LogP contribution in [0.4, 0.5) is 0 Å². The van der Waals surface area contributed by atoms with Crippen molar-refractivity contribution in [1.82, 2.24) is 40.4 Å². The van der Waals surface area contributed by atoms with E-state index in [0.717, 1.165) is 5.56 Å². The summed E-state index contributed by atoms with van der Waals surface area (Å²) in [5.41, 5.74) is 1.84. The van der Waals surface area contributed by atoms with Crippen molar-refractivity contribution in [3.63, 3.8) is 0 Å². The molecule has 1 saturated heterocycles. The van der Waals surface area contributed by atoms with Crippen LogP contribution < -0.4 is 10.6 Å². The van der Waals surface area contributed by atoms with Gasteiger partial charge in [-0.25, -0.2) is 0 Å². The SMILES string of the molecule is O=C1CCCn2cc(nn2)CNC(=O)[C@H]2CN(C(=O)c3cccnc3)CCN2C(=O)[C@H](Cc2ccccc2)N1. The number of nitrogens with one attached hydrogen (secondary N) is 2. The first-order valence-corrected chi connectivity index (χ1v) is 13.0. The summed E-state index contributed by atoms with van der Waals surface area (Å²) in [6, 6.07) is 10.9. The lowest BCUT2D eigenvalue weighted by atomic mass is 10.0. The van der Waals surface area contributed by atoms with Crippen LogP contribution in [0.25, 0.3) is 0 Å². The molecule has 0 aliphatic carbocycles. The van der Waals surface area contributed by atoms with Crippen LogP contribution in [0.2, 0.25) is 0 Å². The van der Waals surface area contributed by atoms with E-state index in [9.17, 15) is 19.2 Å². The second kappa shape index (κ2) is 11.8. The van der Waals surface area contributed by atoms with Crippen LogP contribution in [-0.4, -0.2) is 85.1 Å². The molecule has 3 aromatic rings. The number of piperazine rings is 1. The monoisotopic (exact) mass is 530 g/mol. The number of amides is 4. The average molecular weight is 531 g/mol. The lowest BCUT2D eigenvalue weighted by molar-refractivity contribution is -0.146. The van der Waals surface area contributed by atoms with E-state index >= 15 is 0 Å². The van der Waals surface area contributed by atoms with Crippen molar-refractivity contribution in [3.05, 3.63) is 77.9 Å². The van der Waals surface area contributed by atoms with Gasteiger partial charge in [-0.15, -0.1) is 5.10 Å². The van der Waals surface area contributed by atoms with E-state index in [2.05, 4.69) is 25.9 Å². The minimum Gasteiger partial charge on any atom is -0.348 e. The maximum absolute atomic E-state index is 14.0. The van der Waals surface area contributed by atoms with Gasteiger partial charge in [0.25, 0.3) is 5.91 Å². The van der Waals surface area contributed by atoms with Crippen molar-refractivity contribution in [2.24, 2.45) is 0 Å². The first-order chi connectivity index (χ1) is 19.0. The van der Waals surface area contributed by atoms with Crippen LogP contribution in [0, 0.1) is 0 Å². The Morgan fingerprint density at radius 1 is 1.03 bits per heavy atom. The Morgan fingerprint density at radius 2 is 1.87 bits per heavy atom. The highest BCUT2D eigenvalue weighted by Crippen LogP contribution is 2.17. The number of aromatic nitrogens is 4. The quantitative estimate of drug-likeness (QED) is 0.491. The lowest BCUT2D eigenvalue weighted by Crippen LogP contribution is -2.64. The van der Waals surface area contributed by atoms with Gasteiger partial charge in [0.2, 0.25) is 17.7 Å². The molecule has 1 fully saturated rings. The zero-order valence-electron chi connectivity index (χ0n) is 21.4. The molecule has 0 spiro atoms. The van der Waals surface area contributed by atoms with Crippen molar-refractivity contribution in [2.75, 3.05) is 19.6 Å². The molecule has 0 radical (unpaired) electrons. The molecule has 2 aliphatic rings. The van der Waals surface area contributed by atoms with Gasteiger partial charge < -0.3 is 20.4 Å².